The van der Waals surface area contributed by atoms with Gasteiger partial charge >= 0.3 is 12.1 Å². The summed E-state index contributed by atoms with van der Waals surface area (Å²) in [5, 5.41) is 9.84. The fourth-order valence-electron chi connectivity index (χ4n) is 2.57. The molecular formula is C18H25NO5. The van der Waals surface area contributed by atoms with Gasteiger partial charge in [0.05, 0.1) is 12.6 Å². The molecule has 1 amide bonds. The molecular weight excluding hydrogens is 310 g/mol. The minimum absolute atomic E-state index is 0.0670. The van der Waals surface area contributed by atoms with Crippen LogP contribution in [0, 0.1) is 0 Å². The van der Waals surface area contributed by atoms with E-state index in [9.17, 15) is 14.7 Å². The molecule has 1 heterocycles. The fourth-order valence-corrected chi connectivity index (χ4v) is 2.57. The van der Waals surface area contributed by atoms with Crippen molar-refractivity contribution >= 4 is 12.1 Å². The van der Waals surface area contributed by atoms with Gasteiger partial charge in [0.25, 0.3) is 0 Å². The third-order valence-corrected chi connectivity index (χ3v) is 3.68. The highest BCUT2D eigenvalue weighted by atomic mass is 16.6. The van der Waals surface area contributed by atoms with E-state index in [1.165, 1.54) is 4.90 Å². The Morgan fingerprint density at radius 2 is 1.88 bits per heavy atom. The zero-order valence-corrected chi connectivity index (χ0v) is 14.4. The zero-order chi connectivity index (χ0) is 17.7. The van der Waals surface area contributed by atoms with Gasteiger partial charge in [0.2, 0.25) is 0 Å². The van der Waals surface area contributed by atoms with Crippen molar-refractivity contribution in [1.29, 1.82) is 0 Å². The standard InChI is InChI=1S/C18H25NO5/c1-18(2,3)24-16(21)15-10-9-14(20)11-19(15)17(22)23-12-13-7-5-4-6-8-13/h4-8,14-15,20H,9-12H2,1-3H3/t14-,15-/m0/s1. The molecule has 6 nitrogen and oxygen atoms in total. The molecule has 1 saturated heterocycles. The highest BCUT2D eigenvalue weighted by molar-refractivity contribution is 5.82. The first kappa shape index (κ1) is 18.3. The van der Waals surface area contributed by atoms with E-state index in [0.717, 1.165) is 5.56 Å². The quantitative estimate of drug-likeness (QED) is 0.859. The van der Waals surface area contributed by atoms with Gasteiger partial charge in [-0.3, -0.25) is 4.90 Å². The molecule has 1 N–H and O–H groups in total. The number of β-amino-alcohol motifs (C(OH)–C–C–N with tert-alkyl or cyclic N) is 1. The van der Waals surface area contributed by atoms with Crippen LogP contribution in [0.2, 0.25) is 0 Å². The molecule has 0 aromatic heterocycles. The van der Waals surface area contributed by atoms with Crippen LogP contribution in [0.1, 0.15) is 39.2 Å². The predicted octanol–water partition coefficient (Wildman–Crippen LogP) is 2.49. The average Bonchev–Trinajstić information content (AvgIpc) is 2.51. The second-order valence-corrected chi connectivity index (χ2v) is 6.97. The molecule has 2 atom stereocenters. The number of carbonyl (C=O) groups is 2. The second kappa shape index (κ2) is 7.66. The van der Waals surface area contributed by atoms with Crippen molar-refractivity contribution in [2.75, 3.05) is 6.54 Å². The minimum Gasteiger partial charge on any atom is -0.458 e. The summed E-state index contributed by atoms with van der Waals surface area (Å²) >= 11 is 0. The van der Waals surface area contributed by atoms with E-state index in [1.54, 1.807) is 20.8 Å². The highest BCUT2D eigenvalue weighted by Crippen LogP contribution is 2.22. The van der Waals surface area contributed by atoms with E-state index in [1.807, 2.05) is 30.3 Å². The Balaban J connectivity index is 2.02. The Hall–Kier alpha value is -2.08. The molecule has 1 fully saturated rings. The van der Waals surface area contributed by atoms with Crippen molar-refractivity contribution in [2.45, 2.75) is 58.0 Å². The number of benzene rings is 1. The van der Waals surface area contributed by atoms with Gasteiger partial charge in [0.15, 0.2) is 0 Å². The normalized spacial score (nSPS) is 21.2. The highest BCUT2D eigenvalue weighted by Gasteiger charge is 2.38. The largest absolute Gasteiger partial charge is 0.458 e. The summed E-state index contributed by atoms with van der Waals surface area (Å²) in [5.74, 6) is -0.467. The van der Waals surface area contributed by atoms with Crippen molar-refractivity contribution in [1.82, 2.24) is 4.90 Å². The molecule has 0 spiro atoms. The lowest BCUT2D eigenvalue weighted by Gasteiger charge is -2.36. The molecule has 1 aromatic carbocycles. The van der Waals surface area contributed by atoms with Gasteiger partial charge in [0, 0.05) is 0 Å². The summed E-state index contributed by atoms with van der Waals surface area (Å²) in [6.45, 7) is 5.52. The van der Waals surface area contributed by atoms with E-state index >= 15 is 0 Å². The van der Waals surface area contributed by atoms with Crippen molar-refractivity contribution in [2.24, 2.45) is 0 Å². The van der Waals surface area contributed by atoms with Gasteiger partial charge in [-0.1, -0.05) is 30.3 Å². The summed E-state index contributed by atoms with van der Waals surface area (Å²) in [6.07, 6.45) is -0.468. The number of hydrogen-bond donors (Lipinski definition) is 1. The average molecular weight is 335 g/mol. The van der Waals surface area contributed by atoms with Crippen LogP contribution in [0.15, 0.2) is 30.3 Å². The number of likely N-dealkylation sites (tertiary alicyclic amines) is 1. The Morgan fingerprint density at radius 1 is 1.21 bits per heavy atom. The number of esters is 1. The number of ether oxygens (including phenoxy) is 2. The molecule has 6 heteroatoms. The van der Waals surface area contributed by atoms with Crippen LogP contribution in [-0.2, 0) is 20.9 Å². The predicted molar refractivity (Wildman–Crippen MR) is 88.2 cm³/mol. The van der Waals surface area contributed by atoms with E-state index < -0.39 is 29.8 Å². The number of hydrogen-bond acceptors (Lipinski definition) is 5. The Morgan fingerprint density at radius 3 is 2.50 bits per heavy atom. The summed E-state index contributed by atoms with van der Waals surface area (Å²) in [7, 11) is 0. The van der Waals surface area contributed by atoms with E-state index in [4.69, 9.17) is 9.47 Å². The first-order valence-electron chi connectivity index (χ1n) is 8.14. The van der Waals surface area contributed by atoms with Gasteiger partial charge in [-0.05, 0) is 39.2 Å². The molecule has 1 aliphatic heterocycles. The zero-order valence-electron chi connectivity index (χ0n) is 14.4. The fraction of sp³-hybridized carbons (Fsp3) is 0.556. The van der Waals surface area contributed by atoms with Crippen LogP contribution in [0.3, 0.4) is 0 Å². The number of rotatable bonds is 3. The summed E-state index contributed by atoms with van der Waals surface area (Å²) < 4.78 is 10.7. The number of piperidine rings is 1. The van der Waals surface area contributed by atoms with Crippen molar-refractivity contribution in [3.05, 3.63) is 35.9 Å². The molecule has 132 valence electrons. The van der Waals surface area contributed by atoms with Crippen LogP contribution >= 0.6 is 0 Å². The lowest BCUT2D eigenvalue weighted by Crippen LogP contribution is -2.53. The Bertz CT molecular complexity index is 567. The number of aliphatic hydroxyl groups is 1. The number of aliphatic hydroxyl groups excluding tert-OH is 1. The minimum atomic E-state index is -0.726. The van der Waals surface area contributed by atoms with Crippen LogP contribution < -0.4 is 0 Å². The maximum absolute atomic E-state index is 12.4. The van der Waals surface area contributed by atoms with E-state index in [-0.39, 0.29) is 13.2 Å². The summed E-state index contributed by atoms with van der Waals surface area (Å²) in [5.41, 5.74) is 0.226. The molecule has 0 radical (unpaired) electrons. The van der Waals surface area contributed by atoms with Crippen molar-refractivity contribution in [3.63, 3.8) is 0 Å². The van der Waals surface area contributed by atoms with Crippen LogP contribution in [-0.4, -0.2) is 46.4 Å². The van der Waals surface area contributed by atoms with E-state index in [0.29, 0.717) is 12.8 Å². The topological polar surface area (TPSA) is 76.1 Å². The molecule has 24 heavy (non-hydrogen) atoms. The van der Waals surface area contributed by atoms with Crippen molar-refractivity contribution in [3.8, 4) is 0 Å². The first-order chi connectivity index (χ1) is 11.3. The lowest BCUT2D eigenvalue weighted by atomic mass is 10.0. The first-order valence-corrected chi connectivity index (χ1v) is 8.14. The Kier molecular flexibility index (Phi) is 5.83. The summed E-state index contributed by atoms with van der Waals surface area (Å²) in [6, 6.07) is 8.57. The van der Waals surface area contributed by atoms with Crippen LogP contribution in [0.25, 0.3) is 0 Å². The molecule has 1 aromatic rings. The SMILES string of the molecule is CC(C)(C)OC(=O)[C@@H]1CC[C@H](O)CN1C(=O)OCc1ccccc1. The van der Waals surface area contributed by atoms with Gasteiger partial charge in [0.1, 0.15) is 18.2 Å². The number of amides is 1. The monoisotopic (exact) mass is 335 g/mol. The van der Waals surface area contributed by atoms with Crippen LogP contribution in [0.4, 0.5) is 4.79 Å². The number of nitrogens with zero attached hydrogens (tertiary/aromatic N) is 1. The third kappa shape index (κ3) is 5.23. The molecule has 0 unspecified atom stereocenters. The summed E-state index contributed by atoms with van der Waals surface area (Å²) in [4.78, 5) is 26.0. The molecule has 0 aliphatic carbocycles. The Labute approximate surface area is 142 Å². The van der Waals surface area contributed by atoms with Crippen LogP contribution in [0.5, 0.6) is 0 Å². The van der Waals surface area contributed by atoms with Gasteiger partial charge in [-0.25, -0.2) is 9.59 Å². The maximum atomic E-state index is 12.4. The van der Waals surface area contributed by atoms with Crippen molar-refractivity contribution < 1.29 is 24.2 Å². The second-order valence-electron chi connectivity index (χ2n) is 6.97. The van der Waals surface area contributed by atoms with E-state index in [2.05, 4.69) is 0 Å². The lowest BCUT2D eigenvalue weighted by molar-refractivity contribution is -0.163. The number of carbonyl (C=O) groups excluding carboxylic acids is 2. The molecule has 0 bridgehead atoms. The smallest absolute Gasteiger partial charge is 0.410 e. The van der Waals surface area contributed by atoms with Gasteiger partial charge in [-0.2, -0.15) is 0 Å². The molecule has 0 saturated carbocycles. The maximum Gasteiger partial charge on any atom is 0.410 e. The van der Waals surface area contributed by atoms with Gasteiger partial charge in [-0.15, -0.1) is 0 Å². The molecule has 2 rings (SSSR count). The third-order valence-electron chi connectivity index (χ3n) is 3.68. The van der Waals surface area contributed by atoms with Gasteiger partial charge < -0.3 is 14.6 Å². The molecule has 1 aliphatic rings.